The van der Waals surface area contributed by atoms with Gasteiger partial charge in [0.1, 0.15) is 12.3 Å². The molecule has 7 fully saturated rings. The molecule has 0 bridgehead atoms. The van der Waals surface area contributed by atoms with E-state index in [1.54, 1.807) is 32.9 Å². The molecule has 6 saturated carbocycles. The highest BCUT2D eigenvalue weighted by Crippen LogP contribution is 2.73. The summed E-state index contributed by atoms with van der Waals surface area (Å²) in [6, 6.07) is 0. The molecule has 1 saturated heterocycles. The predicted octanol–water partition coefficient (Wildman–Crippen LogP) is 6.67. The second-order valence-electron chi connectivity index (χ2n) is 20.9. The third kappa shape index (κ3) is 5.21. The van der Waals surface area contributed by atoms with Crippen molar-refractivity contribution in [2.24, 2.45) is 57.2 Å². The summed E-state index contributed by atoms with van der Waals surface area (Å²) in [6.45, 7) is 12.7. The Balaban J connectivity index is 0.000000164. The highest BCUT2D eigenvalue weighted by atomic mass is 35.5. The van der Waals surface area contributed by atoms with E-state index in [-0.39, 0.29) is 71.4 Å². The van der Waals surface area contributed by atoms with Gasteiger partial charge in [0, 0.05) is 40.4 Å². The zero-order chi connectivity index (χ0) is 42.4. The Labute approximate surface area is 345 Å². The third-order valence-electron chi connectivity index (χ3n) is 18.1. The van der Waals surface area contributed by atoms with Gasteiger partial charge in [0.2, 0.25) is 0 Å². The van der Waals surface area contributed by atoms with Gasteiger partial charge in [-0.25, -0.2) is 8.78 Å². The molecule has 3 N–H and O–H groups in total. The van der Waals surface area contributed by atoms with Crippen molar-refractivity contribution in [2.75, 3.05) is 12.5 Å². The Morgan fingerprint density at radius 3 is 2.16 bits per heavy atom. The molecule has 0 aromatic heterocycles. The Hall–Kier alpha value is -2.15. The molecule has 1 heterocycles. The van der Waals surface area contributed by atoms with Crippen molar-refractivity contribution in [1.29, 1.82) is 0 Å². The van der Waals surface area contributed by atoms with Crippen molar-refractivity contribution >= 4 is 34.7 Å². The quantitative estimate of drug-likeness (QED) is 0.265. The smallest absolute Gasteiger partial charge is 0.182 e. The van der Waals surface area contributed by atoms with Crippen LogP contribution in [0, 0.1) is 57.2 Å². The molecule has 1 aliphatic heterocycles. The van der Waals surface area contributed by atoms with E-state index in [9.17, 15) is 34.5 Å². The normalized spacial score (nSPS) is 52.0. The van der Waals surface area contributed by atoms with Gasteiger partial charge < -0.3 is 24.8 Å². The van der Waals surface area contributed by atoms with Crippen molar-refractivity contribution in [3.63, 3.8) is 0 Å². The Morgan fingerprint density at radius 2 is 1.50 bits per heavy atom. The number of carbonyl (C=O) groups is 4. The van der Waals surface area contributed by atoms with Crippen LogP contribution in [0.5, 0.6) is 0 Å². The van der Waals surface area contributed by atoms with Crippen molar-refractivity contribution in [3.8, 4) is 0 Å². The topological polar surface area (TPSA) is 147 Å². The Kier molecular flexibility index (Phi) is 9.85. The van der Waals surface area contributed by atoms with Crippen molar-refractivity contribution < 1.29 is 52.8 Å². The summed E-state index contributed by atoms with van der Waals surface area (Å²) < 4.78 is 46.6. The maximum atomic E-state index is 17.2. The second kappa shape index (κ2) is 13.4. The molecule has 16 atom stereocenters. The lowest BCUT2D eigenvalue weighted by Crippen LogP contribution is -2.70. The number of Topliss-reactive ketones (excluding diaryl/α,β-unsaturated/α-hetero) is 2. The number of halogens is 3. The summed E-state index contributed by atoms with van der Waals surface area (Å²) in [5.41, 5.74) is -6.58. The molecule has 8 aliphatic carbocycles. The van der Waals surface area contributed by atoms with Gasteiger partial charge in [-0.1, -0.05) is 44.9 Å². The van der Waals surface area contributed by atoms with Crippen LogP contribution in [-0.2, 0) is 28.7 Å². The minimum atomic E-state index is -1.86. The molecule has 0 aromatic rings. The summed E-state index contributed by atoms with van der Waals surface area (Å²) in [5.74, 6) is -3.02. The van der Waals surface area contributed by atoms with E-state index in [2.05, 4.69) is 0 Å². The lowest BCUT2D eigenvalue weighted by molar-refractivity contribution is -0.250. The molecule has 1 unspecified atom stereocenters. The Bertz CT molecular complexity index is 1910. The minimum Gasteiger partial charge on any atom is -0.390 e. The summed E-state index contributed by atoms with van der Waals surface area (Å²) in [5, 5.41) is 32.0. The van der Waals surface area contributed by atoms with Crippen LogP contribution in [0.3, 0.4) is 0 Å². The van der Waals surface area contributed by atoms with Gasteiger partial charge in [0.15, 0.2) is 40.2 Å². The number of hydrogen-bond donors (Lipinski definition) is 3. The SMILES string of the molecule is CC1(C)O[C@@H]2C[C@H]3[C@@H]4CCC5=CC(=O)CC[C@]5(C)[C@@]4(F)[C@@H](O)C[C@]3(C)[C@]2(C(=O)CCl)O1.C[C@@H]1C[C@H]2[C@@H]3CCC4=CC(=O)C=C[C@]4(C)[C@@]3(F)C(O)C[C@]2(C)[C@H]1C(=O)CO. The molecule has 9 aliphatic rings. The molecule has 320 valence electrons. The summed E-state index contributed by atoms with van der Waals surface area (Å²) in [7, 11) is 0. The van der Waals surface area contributed by atoms with Gasteiger partial charge in [0.05, 0.1) is 24.2 Å². The molecule has 0 radical (unpaired) electrons. The van der Waals surface area contributed by atoms with Gasteiger partial charge in [-0.3, -0.25) is 19.2 Å². The van der Waals surface area contributed by atoms with Gasteiger partial charge in [-0.15, -0.1) is 11.6 Å². The van der Waals surface area contributed by atoms with Gasteiger partial charge in [-0.2, -0.15) is 0 Å². The van der Waals surface area contributed by atoms with Crippen LogP contribution in [0.4, 0.5) is 8.78 Å². The van der Waals surface area contributed by atoms with Gasteiger partial charge >= 0.3 is 0 Å². The van der Waals surface area contributed by atoms with Crippen LogP contribution in [-0.4, -0.2) is 92.0 Å². The first-order valence-corrected chi connectivity index (χ1v) is 22.0. The van der Waals surface area contributed by atoms with Crippen LogP contribution >= 0.6 is 11.6 Å². The molecule has 9 nitrogen and oxygen atoms in total. The predicted molar refractivity (Wildman–Crippen MR) is 211 cm³/mol. The zero-order valence-electron chi connectivity index (χ0n) is 34.9. The monoisotopic (exact) mass is 830 g/mol. The highest BCUT2D eigenvalue weighted by Gasteiger charge is 2.80. The number of fused-ring (bicyclic) bond motifs is 12. The second-order valence-corrected chi connectivity index (χ2v) is 21.2. The first-order chi connectivity index (χ1) is 26.9. The largest absolute Gasteiger partial charge is 0.390 e. The molecule has 0 spiro atoms. The van der Waals surface area contributed by atoms with E-state index < -0.39 is 75.2 Å². The number of alkyl halides is 3. The first kappa shape index (κ1) is 42.5. The van der Waals surface area contributed by atoms with E-state index in [1.165, 1.54) is 12.2 Å². The van der Waals surface area contributed by atoms with Crippen LogP contribution in [0.1, 0.15) is 113 Å². The number of ketones is 4. The molecule has 9 rings (SSSR count). The molecular weight excluding hydrogens is 770 g/mol. The molecular formula is C46H61ClF2O9. The number of aliphatic hydroxyl groups excluding tert-OH is 3. The van der Waals surface area contributed by atoms with Crippen LogP contribution in [0.2, 0.25) is 0 Å². The number of aliphatic hydroxyl groups is 3. The standard InChI is InChI=1S/C24H32ClFO5.C22H29FO4/c1-20(2)30-19-10-16-15-6-5-13-9-14(27)7-8-21(13,3)23(15,26)17(28)11-22(16,4)24(19,31-20)18(29)12-25;1-12-8-16-15-5-4-13-9-14(25)6-7-21(13,3)22(15,23)18(27)10-20(16,2)19(12)17(26)11-24/h9,15-17,19,28H,5-8,10-12H2,1-4H3;6-7,9,12,15-16,18-19,24,27H,4-5,8,10-11H2,1-3H3/t15-,16-,17-,19+,21-,22-,23-,24+;12-,15+,16+,18?,19-,20+,21+,22+/m01/s1. The summed E-state index contributed by atoms with van der Waals surface area (Å²) in [4.78, 5) is 49.6. The number of allylic oxidation sites excluding steroid dienone is 5. The third-order valence-corrected chi connectivity index (χ3v) is 18.3. The fourth-order valence-electron chi connectivity index (χ4n) is 15.6. The van der Waals surface area contributed by atoms with E-state index in [0.717, 1.165) is 17.6 Å². The zero-order valence-corrected chi connectivity index (χ0v) is 35.7. The number of ether oxygens (including phenoxy) is 2. The van der Waals surface area contributed by atoms with E-state index in [0.29, 0.717) is 44.9 Å². The average molecular weight is 831 g/mol. The number of carbonyl (C=O) groups excluding carboxylic acids is 4. The highest BCUT2D eigenvalue weighted by molar-refractivity contribution is 6.29. The lowest BCUT2D eigenvalue weighted by Gasteiger charge is -2.63. The average Bonchev–Trinajstić information content (AvgIpc) is 3.68. The minimum absolute atomic E-state index is 0.0224. The van der Waals surface area contributed by atoms with Gasteiger partial charge in [0.25, 0.3) is 0 Å². The van der Waals surface area contributed by atoms with Crippen LogP contribution in [0.25, 0.3) is 0 Å². The Morgan fingerprint density at radius 1 is 0.862 bits per heavy atom. The van der Waals surface area contributed by atoms with Crippen molar-refractivity contribution in [1.82, 2.24) is 0 Å². The van der Waals surface area contributed by atoms with Gasteiger partial charge in [-0.05, 0) is 120 Å². The molecule has 0 aromatic carbocycles. The summed E-state index contributed by atoms with van der Waals surface area (Å²) >= 11 is 6.05. The fourth-order valence-corrected chi connectivity index (χ4v) is 15.8. The fraction of sp³-hybridized carbons (Fsp3) is 0.783. The van der Waals surface area contributed by atoms with Crippen LogP contribution in [0.15, 0.2) is 35.5 Å². The maximum Gasteiger partial charge on any atom is 0.182 e. The van der Waals surface area contributed by atoms with Crippen LogP contribution < -0.4 is 0 Å². The van der Waals surface area contributed by atoms with E-state index >= 15 is 8.78 Å². The molecule has 58 heavy (non-hydrogen) atoms. The van der Waals surface area contributed by atoms with E-state index in [1.807, 2.05) is 27.7 Å². The van der Waals surface area contributed by atoms with E-state index in [4.69, 9.17) is 21.1 Å². The first-order valence-electron chi connectivity index (χ1n) is 21.5. The molecule has 12 heteroatoms. The summed E-state index contributed by atoms with van der Waals surface area (Å²) in [6.07, 6.45) is 7.81. The van der Waals surface area contributed by atoms with Crippen molar-refractivity contribution in [3.05, 3.63) is 35.5 Å². The lowest BCUT2D eigenvalue weighted by atomic mass is 9.44. The number of hydrogen-bond acceptors (Lipinski definition) is 9. The van der Waals surface area contributed by atoms with Crippen molar-refractivity contribution in [2.45, 2.75) is 154 Å². The molecule has 0 amide bonds. The number of rotatable bonds is 4. The maximum absolute atomic E-state index is 17.2.